The fourth-order valence-electron chi connectivity index (χ4n) is 0.901. The number of hydrogen-bond acceptors (Lipinski definition) is 3. The van der Waals surface area contributed by atoms with Crippen molar-refractivity contribution in [1.29, 1.82) is 0 Å². The van der Waals surface area contributed by atoms with Crippen molar-refractivity contribution in [2.45, 2.75) is 0 Å². The normalized spacial score (nSPS) is 9.07. The molecule has 0 aliphatic heterocycles. The van der Waals surface area contributed by atoms with E-state index >= 15 is 0 Å². The van der Waals surface area contributed by atoms with E-state index in [2.05, 4.69) is 5.92 Å². The molecule has 0 unspecified atom stereocenters. The van der Waals surface area contributed by atoms with E-state index in [0.29, 0.717) is 5.75 Å². The molecule has 0 aliphatic rings. The van der Waals surface area contributed by atoms with Crippen molar-refractivity contribution in [3.05, 3.63) is 23.8 Å². The van der Waals surface area contributed by atoms with E-state index in [-0.39, 0.29) is 17.9 Å². The lowest BCUT2D eigenvalue weighted by Gasteiger charge is -2.04. The molecule has 0 aliphatic carbocycles. The Morgan fingerprint density at radius 1 is 1.57 bits per heavy atom. The van der Waals surface area contributed by atoms with Crippen LogP contribution in [0.4, 0.5) is 0 Å². The van der Waals surface area contributed by atoms with E-state index < -0.39 is 5.97 Å². The molecule has 0 aromatic heterocycles. The van der Waals surface area contributed by atoms with Crippen molar-refractivity contribution >= 4 is 5.97 Å². The number of benzene rings is 1. The lowest BCUT2D eigenvalue weighted by Crippen LogP contribution is -1.99. The lowest BCUT2D eigenvalue weighted by molar-refractivity contribution is 0.0693. The van der Waals surface area contributed by atoms with E-state index in [9.17, 15) is 4.79 Å². The van der Waals surface area contributed by atoms with Gasteiger partial charge in [0.05, 0.1) is 0 Å². The Morgan fingerprint density at radius 3 is 2.86 bits per heavy atom. The second-order valence-electron chi connectivity index (χ2n) is 2.48. The molecular weight excluding hydrogens is 184 g/mol. The summed E-state index contributed by atoms with van der Waals surface area (Å²) < 4.78 is 4.99. The molecule has 0 fully saturated rings. The highest BCUT2D eigenvalue weighted by Gasteiger charge is 2.10. The number of carbonyl (C=O) groups is 1. The topological polar surface area (TPSA) is 66.8 Å². The quantitative estimate of drug-likeness (QED) is 0.704. The van der Waals surface area contributed by atoms with Crippen LogP contribution < -0.4 is 4.74 Å². The number of aromatic hydroxyl groups is 1. The lowest BCUT2D eigenvalue weighted by atomic mass is 10.2. The smallest absolute Gasteiger partial charge is 0.339 e. The molecule has 0 bridgehead atoms. The van der Waals surface area contributed by atoms with E-state index in [1.165, 1.54) is 18.2 Å². The van der Waals surface area contributed by atoms with Gasteiger partial charge < -0.3 is 14.9 Å². The molecule has 0 amide bonds. The van der Waals surface area contributed by atoms with E-state index in [0.717, 1.165) is 0 Å². The Morgan fingerprint density at radius 2 is 2.29 bits per heavy atom. The van der Waals surface area contributed by atoms with Crippen molar-refractivity contribution in [3.8, 4) is 23.8 Å². The second kappa shape index (κ2) is 4.19. The highest BCUT2D eigenvalue weighted by Crippen LogP contribution is 2.22. The van der Waals surface area contributed by atoms with Gasteiger partial charge >= 0.3 is 5.97 Å². The Labute approximate surface area is 80.8 Å². The minimum absolute atomic E-state index is 0.0594. The van der Waals surface area contributed by atoms with Gasteiger partial charge in [0.15, 0.2) is 0 Å². The molecule has 1 aromatic carbocycles. The van der Waals surface area contributed by atoms with Gasteiger partial charge in [0, 0.05) is 0 Å². The summed E-state index contributed by atoms with van der Waals surface area (Å²) in [4.78, 5) is 10.6. The minimum Gasteiger partial charge on any atom is -0.507 e. The first kappa shape index (κ1) is 9.93. The van der Waals surface area contributed by atoms with Gasteiger partial charge in [-0.25, -0.2) is 4.79 Å². The van der Waals surface area contributed by atoms with Crippen LogP contribution in [-0.4, -0.2) is 22.8 Å². The zero-order valence-corrected chi connectivity index (χ0v) is 7.23. The third-order valence-corrected chi connectivity index (χ3v) is 1.52. The summed E-state index contributed by atoms with van der Waals surface area (Å²) in [5, 5.41) is 17.8. The second-order valence-corrected chi connectivity index (χ2v) is 2.48. The summed E-state index contributed by atoms with van der Waals surface area (Å²) in [6.45, 7) is 0.0594. The highest BCUT2D eigenvalue weighted by molar-refractivity contribution is 5.91. The number of carboxylic acids is 1. The molecule has 1 rings (SSSR count). The van der Waals surface area contributed by atoms with Crippen LogP contribution >= 0.6 is 0 Å². The summed E-state index contributed by atoms with van der Waals surface area (Å²) in [5.41, 5.74) is -0.209. The molecule has 0 atom stereocenters. The molecule has 0 spiro atoms. The average molecular weight is 192 g/mol. The molecule has 4 heteroatoms. The predicted octanol–water partition coefficient (Wildman–Crippen LogP) is 1.10. The van der Waals surface area contributed by atoms with Gasteiger partial charge in [0.2, 0.25) is 0 Å². The van der Waals surface area contributed by atoms with Crippen LogP contribution in [0.5, 0.6) is 11.5 Å². The van der Waals surface area contributed by atoms with Crippen LogP contribution in [0.25, 0.3) is 0 Å². The van der Waals surface area contributed by atoms with Crippen molar-refractivity contribution in [2.24, 2.45) is 0 Å². The maximum Gasteiger partial charge on any atom is 0.339 e. The van der Waals surface area contributed by atoms with Crippen molar-refractivity contribution < 1.29 is 19.7 Å². The molecule has 14 heavy (non-hydrogen) atoms. The Hall–Kier alpha value is -2.15. The summed E-state index contributed by atoms with van der Waals surface area (Å²) in [5.74, 6) is 1.05. The van der Waals surface area contributed by atoms with Crippen LogP contribution in [0, 0.1) is 12.3 Å². The standard InChI is InChI=1S/C10H8O4/c1-2-5-14-7-3-4-9(11)8(6-7)10(12)13/h1,3-4,6,11H,5H2,(H,12,13). The SMILES string of the molecule is C#CCOc1ccc(O)c(C(=O)O)c1. The molecule has 4 nitrogen and oxygen atoms in total. The van der Waals surface area contributed by atoms with Gasteiger partial charge in [-0.3, -0.25) is 0 Å². The summed E-state index contributed by atoms with van der Waals surface area (Å²) in [7, 11) is 0. The third-order valence-electron chi connectivity index (χ3n) is 1.52. The first-order valence-corrected chi connectivity index (χ1v) is 3.77. The number of terminal acetylenes is 1. The summed E-state index contributed by atoms with van der Waals surface area (Å²) >= 11 is 0. The first-order chi connectivity index (χ1) is 6.65. The fraction of sp³-hybridized carbons (Fsp3) is 0.100. The number of aromatic carboxylic acids is 1. The van der Waals surface area contributed by atoms with Crippen LogP contribution in [0.3, 0.4) is 0 Å². The van der Waals surface area contributed by atoms with Crippen molar-refractivity contribution in [3.63, 3.8) is 0 Å². The maximum atomic E-state index is 10.6. The van der Waals surface area contributed by atoms with Crippen LogP contribution in [0.1, 0.15) is 10.4 Å². The molecule has 2 N–H and O–H groups in total. The van der Waals surface area contributed by atoms with Gasteiger partial charge in [-0.2, -0.15) is 0 Å². The minimum atomic E-state index is -1.21. The predicted molar refractivity (Wildman–Crippen MR) is 49.4 cm³/mol. The van der Waals surface area contributed by atoms with Crippen molar-refractivity contribution in [2.75, 3.05) is 6.61 Å². The average Bonchev–Trinajstić information content (AvgIpc) is 2.16. The summed E-state index contributed by atoms with van der Waals surface area (Å²) in [6.07, 6.45) is 4.96. The van der Waals surface area contributed by atoms with Crippen LogP contribution in [0.2, 0.25) is 0 Å². The monoisotopic (exact) mass is 192 g/mol. The van der Waals surface area contributed by atoms with Gasteiger partial charge in [0.1, 0.15) is 23.7 Å². The largest absolute Gasteiger partial charge is 0.507 e. The van der Waals surface area contributed by atoms with Crippen LogP contribution in [0.15, 0.2) is 18.2 Å². The number of carboxylic acid groups (broad SMARTS) is 1. The van der Waals surface area contributed by atoms with Gasteiger partial charge in [0.25, 0.3) is 0 Å². The number of ether oxygens (including phenoxy) is 1. The zero-order valence-electron chi connectivity index (χ0n) is 7.23. The van der Waals surface area contributed by atoms with Gasteiger partial charge in [-0.05, 0) is 18.2 Å². The first-order valence-electron chi connectivity index (χ1n) is 3.77. The number of hydrogen-bond donors (Lipinski definition) is 2. The summed E-state index contributed by atoms with van der Waals surface area (Å²) in [6, 6.07) is 3.91. The molecule has 72 valence electrons. The number of phenols is 1. The molecule has 0 saturated carbocycles. The van der Waals surface area contributed by atoms with Gasteiger partial charge in [-0.15, -0.1) is 6.42 Å². The Balaban J connectivity index is 2.96. The molecule has 0 heterocycles. The molecular formula is C10H8O4. The van der Waals surface area contributed by atoms with E-state index in [1.54, 1.807) is 0 Å². The van der Waals surface area contributed by atoms with Crippen molar-refractivity contribution in [1.82, 2.24) is 0 Å². The third kappa shape index (κ3) is 2.17. The Kier molecular flexibility index (Phi) is 2.97. The van der Waals surface area contributed by atoms with Gasteiger partial charge in [-0.1, -0.05) is 5.92 Å². The Bertz CT molecular complexity index is 390. The molecule has 0 radical (unpaired) electrons. The zero-order chi connectivity index (χ0) is 10.6. The molecule has 1 aromatic rings. The highest BCUT2D eigenvalue weighted by atomic mass is 16.5. The molecule has 0 saturated heterocycles. The van der Waals surface area contributed by atoms with Crippen LogP contribution in [-0.2, 0) is 0 Å². The van der Waals surface area contributed by atoms with E-state index in [4.69, 9.17) is 21.4 Å². The fourth-order valence-corrected chi connectivity index (χ4v) is 0.901. The number of rotatable bonds is 3. The van der Waals surface area contributed by atoms with E-state index in [1.807, 2.05) is 0 Å². The maximum absolute atomic E-state index is 10.6.